The summed E-state index contributed by atoms with van der Waals surface area (Å²) in [6, 6.07) is 4.69. The number of benzene rings is 1. The second kappa shape index (κ2) is 7.95. The zero-order chi connectivity index (χ0) is 16.2. The van der Waals surface area contributed by atoms with Gasteiger partial charge in [-0.2, -0.15) is 4.31 Å². The van der Waals surface area contributed by atoms with E-state index in [2.05, 4.69) is 0 Å². The Morgan fingerprint density at radius 3 is 2.36 bits per heavy atom. The molecule has 0 aromatic heterocycles. The topological polar surface area (TPSA) is 72.6 Å². The summed E-state index contributed by atoms with van der Waals surface area (Å²) in [6.45, 7) is 2.01. The Hall–Kier alpha value is -0.370. The standard InChI is InChI=1S/C14H20Cl2N2O3S/c15-12-3-1-4-13(16)14(12)22(19,20)18-8-5-11(6-9-18)21-10-2-7-17/h1,3-4,11H,2,5-10,17H2. The maximum Gasteiger partial charge on any atom is 0.246 e. The summed E-state index contributed by atoms with van der Waals surface area (Å²) < 4.78 is 32.5. The van der Waals surface area contributed by atoms with Crippen LogP contribution in [0.2, 0.25) is 10.0 Å². The maximum absolute atomic E-state index is 12.7. The third-order valence-electron chi connectivity index (χ3n) is 3.62. The maximum atomic E-state index is 12.7. The molecule has 1 aromatic rings. The molecule has 2 rings (SSSR count). The Bertz CT molecular complexity index is 582. The van der Waals surface area contributed by atoms with Gasteiger partial charge in [0.15, 0.2) is 0 Å². The zero-order valence-corrected chi connectivity index (χ0v) is 14.5. The Morgan fingerprint density at radius 1 is 1.23 bits per heavy atom. The molecule has 1 heterocycles. The number of hydrogen-bond donors (Lipinski definition) is 1. The van der Waals surface area contributed by atoms with E-state index in [1.54, 1.807) is 6.07 Å². The van der Waals surface area contributed by atoms with Crippen molar-refractivity contribution in [3.05, 3.63) is 28.2 Å². The summed E-state index contributed by atoms with van der Waals surface area (Å²) in [6.07, 6.45) is 2.21. The molecule has 1 fully saturated rings. The minimum absolute atomic E-state index is 0.0131. The van der Waals surface area contributed by atoms with E-state index in [1.807, 2.05) is 0 Å². The quantitative estimate of drug-likeness (QED) is 0.785. The van der Waals surface area contributed by atoms with E-state index in [4.69, 9.17) is 33.7 Å². The molecule has 1 aliphatic heterocycles. The van der Waals surface area contributed by atoms with E-state index in [-0.39, 0.29) is 21.0 Å². The van der Waals surface area contributed by atoms with Gasteiger partial charge in [-0.25, -0.2) is 8.42 Å². The number of rotatable bonds is 6. The summed E-state index contributed by atoms with van der Waals surface area (Å²) in [7, 11) is -3.68. The fraction of sp³-hybridized carbons (Fsp3) is 0.571. The van der Waals surface area contributed by atoms with E-state index in [1.165, 1.54) is 16.4 Å². The van der Waals surface area contributed by atoms with Crippen LogP contribution in [-0.2, 0) is 14.8 Å². The zero-order valence-electron chi connectivity index (χ0n) is 12.2. The van der Waals surface area contributed by atoms with Crippen molar-refractivity contribution in [2.24, 2.45) is 5.73 Å². The molecule has 1 aromatic carbocycles. The number of sulfonamides is 1. The third-order valence-corrected chi connectivity index (χ3v) is 6.47. The van der Waals surface area contributed by atoms with Crippen LogP contribution in [-0.4, -0.2) is 45.1 Å². The highest BCUT2D eigenvalue weighted by Gasteiger charge is 2.32. The molecule has 0 saturated carbocycles. The van der Waals surface area contributed by atoms with E-state index in [0.717, 1.165) is 6.42 Å². The summed E-state index contributed by atoms with van der Waals surface area (Å²) in [5, 5.41) is 0.294. The van der Waals surface area contributed by atoms with Crippen LogP contribution in [0.5, 0.6) is 0 Å². The largest absolute Gasteiger partial charge is 0.378 e. The summed E-state index contributed by atoms with van der Waals surface area (Å²) in [4.78, 5) is -0.0131. The van der Waals surface area contributed by atoms with Gasteiger partial charge < -0.3 is 10.5 Å². The fourth-order valence-corrected chi connectivity index (χ4v) is 4.99. The number of nitrogens with two attached hydrogens (primary N) is 1. The van der Waals surface area contributed by atoms with Crippen molar-refractivity contribution < 1.29 is 13.2 Å². The Labute approximate surface area is 141 Å². The van der Waals surface area contributed by atoms with Crippen molar-refractivity contribution in [1.29, 1.82) is 0 Å². The molecule has 0 unspecified atom stereocenters. The van der Waals surface area contributed by atoms with Crippen LogP contribution in [0.1, 0.15) is 19.3 Å². The lowest BCUT2D eigenvalue weighted by atomic mass is 10.1. The summed E-state index contributed by atoms with van der Waals surface area (Å²) in [5.41, 5.74) is 5.42. The number of ether oxygens (including phenoxy) is 1. The van der Waals surface area contributed by atoms with Crippen LogP contribution >= 0.6 is 23.2 Å². The second-order valence-electron chi connectivity index (χ2n) is 5.17. The van der Waals surface area contributed by atoms with Crippen LogP contribution in [0.4, 0.5) is 0 Å². The molecule has 0 bridgehead atoms. The number of halogens is 2. The lowest BCUT2D eigenvalue weighted by Crippen LogP contribution is -2.41. The van der Waals surface area contributed by atoms with Gasteiger partial charge in [0, 0.05) is 19.7 Å². The molecule has 8 heteroatoms. The van der Waals surface area contributed by atoms with E-state index >= 15 is 0 Å². The van der Waals surface area contributed by atoms with Gasteiger partial charge in [0.2, 0.25) is 10.0 Å². The fourth-order valence-electron chi connectivity index (χ4n) is 2.43. The first-order valence-electron chi connectivity index (χ1n) is 7.22. The van der Waals surface area contributed by atoms with Crippen LogP contribution in [0, 0.1) is 0 Å². The van der Waals surface area contributed by atoms with Crippen molar-refractivity contribution >= 4 is 33.2 Å². The normalized spacial score (nSPS) is 17.8. The minimum Gasteiger partial charge on any atom is -0.378 e. The van der Waals surface area contributed by atoms with E-state index < -0.39 is 10.0 Å². The molecule has 2 N–H and O–H groups in total. The molecule has 5 nitrogen and oxygen atoms in total. The number of nitrogens with zero attached hydrogens (tertiary/aromatic N) is 1. The Balaban J connectivity index is 2.04. The second-order valence-corrected chi connectivity index (χ2v) is 7.86. The molecule has 0 spiro atoms. The van der Waals surface area contributed by atoms with Crippen molar-refractivity contribution in [3.63, 3.8) is 0 Å². The lowest BCUT2D eigenvalue weighted by Gasteiger charge is -2.31. The highest BCUT2D eigenvalue weighted by Crippen LogP contribution is 2.32. The van der Waals surface area contributed by atoms with Crippen LogP contribution in [0.15, 0.2) is 23.1 Å². The average Bonchev–Trinajstić information content (AvgIpc) is 2.47. The minimum atomic E-state index is -3.68. The Kier molecular flexibility index (Phi) is 6.49. The van der Waals surface area contributed by atoms with Crippen molar-refractivity contribution in [3.8, 4) is 0 Å². The van der Waals surface area contributed by atoms with Crippen molar-refractivity contribution in [2.45, 2.75) is 30.3 Å². The highest BCUT2D eigenvalue weighted by atomic mass is 35.5. The summed E-state index contributed by atoms with van der Waals surface area (Å²) in [5.74, 6) is 0. The number of hydrogen-bond acceptors (Lipinski definition) is 4. The molecule has 1 saturated heterocycles. The first-order chi connectivity index (χ1) is 10.5. The van der Waals surface area contributed by atoms with E-state index in [0.29, 0.717) is 39.1 Å². The molecule has 0 atom stereocenters. The predicted octanol–water partition coefficient (Wildman–Crippen LogP) is 2.51. The SMILES string of the molecule is NCCCOC1CCN(S(=O)(=O)c2c(Cl)cccc2Cl)CC1. The lowest BCUT2D eigenvalue weighted by molar-refractivity contribution is 0.0209. The van der Waals surface area contributed by atoms with E-state index in [9.17, 15) is 8.42 Å². The van der Waals surface area contributed by atoms with Gasteiger partial charge in [0.1, 0.15) is 4.90 Å². The van der Waals surface area contributed by atoms with Gasteiger partial charge in [0.05, 0.1) is 16.1 Å². The Morgan fingerprint density at radius 2 is 1.82 bits per heavy atom. The molecular formula is C14H20Cl2N2O3S. The van der Waals surface area contributed by atoms with Gasteiger partial charge in [-0.15, -0.1) is 0 Å². The predicted molar refractivity (Wildman–Crippen MR) is 87.9 cm³/mol. The first kappa shape index (κ1) is 18.0. The average molecular weight is 367 g/mol. The molecular weight excluding hydrogens is 347 g/mol. The molecule has 0 radical (unpaired) electrons. The van der Waals surface area contributed by atoms with Gasteiger partial charge >= 0.3 is 0 Å². The molecule has 22 heavy (non-hydrogen) atoms. The van der Waals surface area contributed by atoms with Crippen molar-refractivity contribution in [1.82, 2.24) is 4.31 Å². The highest BCUT2D eigenvalue weighted by molar-refractivity contribution is 7.89. The third kappa shape index (κ3) is 4.13. The van der Waals surface area contributed by atoms with Gasteiger partial charge in [-0.05, 0) is 37.9 Å². The van der Waals surface area contributed by atoms with Gasteiger partial charge in [-0.1, -0.05) is 29.3 Å². The van der Waals surface area contributed by atoms with Crippen LogP contribution < -0.4 is 5.73 Å². The smallest absolute Gasteiger partial charge is 0.246 e. The van der Waals surface area contributed by atoms with Crippen LogP contribution in [0.3, 0.4) is 0 Å². The van der Waals surface area contributed by atoms with Gasteiger partial charge in [0.25, 0.3) is 0 Å². The molecule has 0 aliphatic carbocycles. The first-order valence-corrected chi connectivity index (χ1v) is 9.42. The van der Waals surface area contributed by atoms with Crippen LogP contribution in [0.25, 0.3) is 0 Å². The molecule has 0 amide bonds. The molecule has 1 aliphatic rings. The number of piperidine rings is 1. The summed E-state index contributed by atoms with van der Waals surface area (Å²) >= 11 is 12.0. The molecule has 124 valence electrons. The monoisotopic (exact) mass is 366 g/mol. The van der Waals surface area contributed by atoms with Crippen molar-refractivity contribution in [2.75, 3.05) is 26.2 Å². The van der Waals surface area contributed by atoms with Gasteiger partial charge in [-0.3, -0.25) is 0 Å².